The van der Waals surface area contributed by atoms with Crippen molar-refractivity contribution in [3.8, 4) is 17.2 Å². The fourth-order valence-electron chi connectivity index (χ4n) is 4.22. The van der Waals surface area contributed by atoms with Gasteiger partial charge in [0.15, 0.2) is 9.84 Å². The van der Waals surface area contributed by atoms with Gasteiger partial charge in [-0.2, -0.15) is 0 Å². The van der Waals surface area contributed by atoms with Gasteiger partial charge in [-0.05, 0) is 43.2 Å². The Morgan fingerprint density at radius 1 is 1.12 bits per heavy atom. The van der Waals surface area contributed by atoms with Crippen molar-refractivity contribution in [1.29, 1.82) is 0 Å². The van der Waals surface area contributed by atoms with Crippen LogP contribution in [0, 0.1) is 6.92 Å². The normalized spacial score (nSPS) is 16.3. The number of nitrogens with two attached hydrogens (primary N) is 1. The maximum atomic E-state index is 13.0. The van der Waals surface area contributed by atoms with Crippen LogP contribution in [-0.2, 0) is 9.84 Å². The number of nitrogens with zero attached hydrogens (tertiary/aromatic N) is 5. The van der Waals surface area contributed by atoms with Crippen LogP contribution in [-0.4, -0.2) is 64.1 Å². The molecule has 10 heteroatoms. The highest BCUT2D eigenvalue weighted by atomic mass is 32.2. The van der Waals surface area contributed by atoms with Crippen molar-refractivity contribution >= 4 is 26.6 Å². The average Bonchev–Trinajstić information content (AvgIpc) is 3.42. The molecule has 3 aromatic heterocycles. The Morgan fingerprint density at radius 3 is 2.53 bits per heavy atom. The number of sulfone groups is 1. The number of fused-ring (bicyclic) bond motifs is 1. The zero-order valence-corrected chi connectivity index (χ0v) is 19.7. The highest BCUT2D eigenvalue weighted by molar-refractivity contribution is 7.91. The number of hydrogen-bond acceptors (Lipinski definition) is 7. The number of amides is 1. The van der Waals surface area contributed by atoms with Gasteiger partial charge in [-0.25, -0.2) is 18.4 Å². The van der Waals surface area contributed by atoms with Gasteiger partial charge in [0, 0.05) is 66.7 Å². The Bertz CT molecular complexity index is 1510. The van der Waals surface area contributed by atoms with E-state index in [-0.39, 0.29) is 16.8 Å². The second-order valence-corrected chi connectivity index (χ2v) is 10.6. The molecule has 4 heterocycles. The fraction of sp³-hybridized carbons (Fsp3) is 0.250. The van der Waals surface area contributed by atoms with Crippen LogP contribution in [0.3, 0.4) is 0 Å². The van der Waals surface area contributed by atoms with E-state index in [9.17, 15) is 13.2 Å². The van der Waals surface area contributed by atoms with Gasteiger partial charge in [0.25, 0.3) is 5.91 Å². The Hall–Kier alpha value is -3.63. The summed E-state index contributed by atoms with van der Waals surface area (Å²) in [5, 5.41) is 0.505. The van der Waals surface area contributed by atoms with Crippen molar-refractivity contribution in [2.24, 2.45) is 5.73 Å². The quantitative estimate of drug-likeness (QED) is 0.479. The standard InChI is InChI=1S/C24H24N6O3S/c1-15-5-7-26-20(9-15)17-11-27-24(28-12-17)30-14-22(34(2,32)33)19-4-3-16(10-21(19)30)23(31)29-8-6-18(25)13-29/h3-5,7,9-12,14,18H,6,8,13,25H2,1-2H3. The van der Waals surface area contributed by atoms with Gasteiger partial charge >= 0.3 is 0 Å². The number of aryl methyl sites for hydroxylation is 1. The van der Waals surface area contributed by atoms with Gasteiger partial charge in [0.2, 0.25) is 5.95 Å². The molecule has 5 rings (SSSR count). The van der Waals surface area contributed by atoms with E-state index in [1.165, 1.54) is 6.20 Å². The first kappa shape index (κ1) is 22.2. The van der Waals surface area contributed by atoms with Crippen LogP contribution in [0.25, 0.3) is 28.1 Å². The molecule has 0 saturated carbocycles. The second-order valence-electron chi connectivity index (χ2n) is 8.66. The molecule has 34 heavy (non-hydrogen) atoms. The molecule has 1 aliphatic rings. The van der Waals surface area contributed by atoms with Crippen molar-refractivity contribution in [1.82, 2.24) is 24.4 Å². The number of carbonyl (C=O) groups is 1. The summed E-state index contributed by atoms with van der Waals surface area (Å²) >= 11 is 0. The summed E-state index contributed by atoms with van der Waals surface area (Å²) in [7, 11) is -3.53. The summed E-state index contributed by atoms with van der Waals surface area (Å²) in [6.07, 6.45) is 8.44. The predicted octanol–water partition coefficient (Wildman–Crippen LogP) is 2.37. The highest BCUT2D eigenvalue weighted by Gasteiger charge is 2.26. The van der Waals surface area contributed by atoms with Crippen LogP contribution in [0.15, 0.2) is 60.0 Å². The number of aromatic nitrogens is 4. The molecule has 0 aliphatic carbocycles. The highest BCUT2D eigenvalue weighted by Crippen LogP contribution is 2.29. The lowest BCUT2D eigenvalue weighted by molar-refractivity contribution is 0.0791. The molecular weight excluding hydrogens is 452 g/mol. The van der Waals surface area contributed by atoms with Crippen LogP contribution in [0.2, 0.25) is 0 Å². The van der Waals surface area contributed by atoms with Crippen LogP contribution < -0.4 is 5.73 Å². The first-order valence-corrected chi connectivity index (χ1v) is 12.8. The first-order chi connectivity index (χ1) is 16.2. The van der Waals surface area contributed by atoms with Crippen molar-refractivity contribution in [3.05, 3.63) is 66.2 Å². The first-order valence-electron chi connectivity index (χ1n) is 10.9. The predicted molar refractivity (Wildman–Crippen MR) is 128 cm³/mol. The van der Waals surface area contributed by atoms with Crippen molar-refractivity contribution in [2.45, 2.75) is 24.3 Å². The molecule has 1 unspecified atom stereocenters. The number of likely N-dealkylation sites (tertiary alicyclic amines) is 1. The molecular formula is C24H24N6O3S. The third kappa shape index (κ3) is 4.06. The van der Waals surface area contributed by atoms with Gasteiger partial charge in [-0.1, -0.05) is 6.07 Å². The minimum Gasteiger partial charge on any atom is -0.337 e. The maximum absolute atomic E-state index is 13.0. The summed E-state index contributed by atoms with van der Waals surface area (Å²) in [4.78, 5) is 28.2. The molecule has 0 radical (unpaired) electrons. The molecule has 1 amide bonds. The third-order valence-electron chi connectivity index (χ3n) is 5.99. The van der Waals surface area contributed by atoms with E-state index in [2.05, 4.69) is 15.0 Å². The smallest absolute Gasteiger partial charge is 0.253 e. The molecule has 1 saturated heterocycles. The van der Waals surface area contributed by atoms with E-state index in [1.54, 1.807) is 46.3 Å². The van der Waals surface area contributed by atoms with E-state index < -0.39 is 9.84 Å². The summed E-state index contributed by atoms with van der Waals surface area (Å²) in [5.74, 6) is 0.161. The van der Waals surface area contributed by atoms with E-state index >= 15 is 0 Å². The summed E-state index contributed by atoms with van der Waals surface area (Å²) in [5.41, 5.74) is 9.52. The minimum absolute atomic E-state index is 0.0248. The second kappa shape index (κ2) is 8.30. The Labute approximate surface area is 197 Å². The largest absolute Gasteiger partial charge is 0.337 e. The molecule has 2 N–H and O–H groups in total. The molecule has 9 nitrogen and oxygen atoms in total. The molecule has 1 atom stereocenters. The number of hydrogen-bond donors (Lipinski definition) is 1. The van der Waals surface area contributed by atoms with Gasteiger partial charge in [-0.15, -0.1) is 0 Å². The van der Waals surface area contributed by atoms with Crippen LogP contribution in [0.1, 0.15) is 22.3 Å². The maximum Gasteiger partial charge on any atom is 0.253 e. The average molecular weight is 477 g/mol. The lowest BCUT2D eigenvalue weighted by Gasteiger charge is -2.16. The molecule has 4 aromatic rings. The SMILES string of the molecule is Cc1ccnc(-c2cnc(-n3cc(S(C)(=O)=O)c4ccc(C(=O)N5CCC(N)C5)cc43)nc2)c1. The third-order valence-corrected chi connectivity index (χ3v) is 7.12. The number of benzene rings is 1. The summed E-state index contributed by atoms with van der Waals surface area (Å²) < 4.78 is 26.6. The Kier molecular flexibility index (Phi) is 5.41. The zero-order chi connectivity index (χ0) is 24.0. The topological polar surface area (TPSA) is 124 Å². The summed E-state index contributed by atoms with van der Waals surface area (Å²) in [6.45, 7) is 3.09. The van der Waals surface area contributed by atoms with E-state index in [4.69, 9.17) is 5.73 Å². The monoisotopic (exact) mass is 476 g/mol. The van der Waals surface area contributed by atoms with Crippen molar-refractivity contribution in [3.63, 3.8) is 0 Å². The molecule has 174 valence electrons. The van der Waals surface area contributed by atoms with Crippen LogP contribution in [0.4, 0.5) is 0 Å². The lowest BCUT2D eigenvalue weighted by atomic mass is 10.1. The molecule has 1 aliphatic heterocycles. The molecule has 1 aromatic carbocycles. The van der Waals surface area contributed by atoms with Gasteiger partial charge in [-0.3, -0.25) is 14.3 Å². The fourth-order valence-corrected chi connectivity index (χ4v) is 5.08. The molecule has 0 spiro atoms. The molecule has 1 fully saturated rings. The van der Waals surface area contributed by atoms with Crippen LogP contribution >= 0.6 is 0 Å². The Morgan fingerprint density at radius 2 is 1.88 bits per heavy atom. The lowest BCUT2D eigenvalue weighted by Crippen LogP contribution is -2.31. The van der Waals surface area contributed by atoms with Gasteiger partial charge in [0.05, 0.1) is 16.1 Å². The molecule has 0 bridgehead atoms. The Balaban J connectivity index is 1.60. The summed E-state index contributed by atoms with van der Waals surface area (Å²) in [6, 6.07) is 8.83. The van der Waals surface area contributed by atoms with Crippen LogP contribution in [0.5, 0.6) is 0 Å². The van der Waals surface area contributed by atoms with Crippen molar-refractivity contribution < 1.29 is 13.2 Å². The van der Waals surface area contributed by atoms with E-state index in [0.29, 0.717) is 35.5 Å². The number of pyridine rings is 1. The van der Waals surface area contributed by atoms with Gasteiger partial charge in [0.1, 0.15) is 0 Å². The van der Waals surface area contributed by atoms with E-state index in [0.717, 1.165) is 29.5 Å². The zero-order valence-electron chi connectivity index (χ0n) is 18.8. The van der Waals surface area contributed by atoms with E-state index in [1.807, 2.05) is 19.1 Å². The van der Waals surface area contributed by atoms with Crippen molar-refractivity contribution in [2.75, 3.05) is 19.3 Å². The number of rotatable bonds is 4. The number of carbonyl (C=O) groups excluding carboxylic acids is 1. The van der Waals surface area contributed by atoms with Gasteiger partial charge < -0.3 is 10.6 Å². The minimum atomic E-state index is -3.53.